The number of esters is 1. The molecule has 0 saturated heterocycles. The number of nitrogens with one attached hydrogen (secondary N) is 1. The van der Waals surface area contributed by atoms with E-state index in [9.17, 15) is 9.59 Å². The van der Waals surface area contributed by atoms with Gasteiger partial charge in [-0.3, -0.25) is 4.79 Å². The van der Waals surface area contributed by atoms with Crippen LogP contribution in [0.5, 0.6) is 5.75 Å². The quantitative estimate of drug-likeness (QED) is 0.433. The van der Waals surface area contributed by atoms with Gasteiger partial charge in [-0.2, -0.15) is 0 Å². The van der Waals surface area contributed by atoms with E-state index >= 15 is 0 Å². The number of thioether (sulfide) groups is 1. The summed E-state index contributed by atoms with van der Waals surface area (Å²) in [6.07, 6.45) is 0. The predicted molar refractivity (Wildman–Crippen MR) is 114 cm³/mol. The summed E-state index contributed by atoms with van der Waals surface area (Å²) in [7, 11) is 0. The molecule has 1 aromatic carbocycles. The van der Waals surface area contributed by atoms with Crippen LogP contribution < -0.4 is 10.3 Å². The minimum Gasteiger partial charge on any atom is -0.493 e. The highest BCUT2D eigenvalue weighted by Gasteiger charge is 2.21. The van der Waals surface area contributed by atoms with Crippen molar-refractivity contribution in [2.24, 2.45) is 0 Å². The molecule has 28 heavy (non-hydrogen) atoms. The van der Waals surface area contributed by atoms with Crippen LogP contribution in [-0.2, 0) is 4.74 Å². The molecule has 6 nitrogen and oxygen atoms in total. The Labute approximate surface area is 171 Å². The molecular weight excluding hydrogens is 396 g/mol. The Kier molecular flexibility index (Phi) is 6.74. The third-order valence-electron chi connectivity index (χ3n) is 4.13. The van der Waals surface area contributed by atoms with Gasteiger partial charge >= 0.3 is 5.97 Å². The monoisotopic (exact) mass is 418 g/mol. The number of carbonyl (C=O) groups excluding carboxylic acids is 1. The van der Waals surface area contributed by atoms with Crippen molar-refractivity contribution in [2.45, 2.75) is 26.0 Å². The number of ether oxygens (including phenoxy) is 2. The number of hydrogen-bond acceptors (Lipinski definition) is 7. The number of aryl methyl sites for hydroxylation is 1. The molecule has 1 atom stereocenters. The van der Waals surface area contributed by atoms with Crippen molar-refractivity contribution in [3.8, 4) is 5.75 Å². The van der Waals surface area contributed by atoms with Crippen LogP contribution >= 0.6 is 23.1 Å². The van der Waals surface area contributed by atoms with E-state index in [4.69, 9.17) is 9.47 Å². The van der Waals surface area contributed by atoms with Gasteiger partial charge < -0.3 is 14.5 Å². The first-order valence-corrected chi connectivity index (χ1v) is 10.9. The summed E-state index contributed by atoms with van der Waals surface area (Å²) in [4.78, 5) is 33.1. The number of carbonyl (C=O) groups is 1. The smallest absolute Gasteiger partial charge is 0.348 e. The highest BCUT2D eigenvalue weighted by molar-refractivity contribution is 7.99. The second kappa shape index (κ2) is 9.25. The summed E-state index contributed by atoms with van der Waals surface area (Å²) in [5.74, 6) is 1.78. The molecule has 0 radical (unpaired) electrons. The van der Waals surface area contributed by atoms with Gasteiger partial charge in [0.15, 0.2) is 0 Å². The first kappa shape index (κ1) is 20.4. The highest BCUT2D eigenvalue weighted by Crippen LogP contribution is 2.30. The van der Waals surface area contributed by atoms with Gasteiger partial charge in [0.1, 0.15) is 21.3 Å². The minimum absolute atomic E-state index is 0.00933. The van der Waals surface area contributed by atoms with Crippen LogP contribution in [0.15, 0.2) is 35.1 Å². The number of aromatic nitrogens is 2. The number of nitrogens with zero attached hydrogens (tertiary/aromatic N) is 1. The van der Waals surface area contributed by atoms with Gasteiger partial charge in [-0.05, 0) is 38.5 Å². The van der Waals surface area contributed by atoms with Crippen LogP contribution in [0.4, 0.5) is 0 Å². The zero-order valence-electron chi connectivity index (χ0n) is 16.0. The van der Waals surface area contributed by atoms with Crippen molar-refractivity contribution in [2.75, 3.05) is 19.0 Å². The van der Waals surface area contributed by atoms with Gasteiger partial charge in [0, 0.05) is 5.75 Å². The van der Waals surface area contributed by atoms with Gasteiger partial charge in [0.05, 0.1) is 23.8 Å². The fourth-order valence-electron chi connectivity index (χ4n) is 2.72. The number of para-hydroxylation sites is 1. The summed E-state index contributed by atoms with van der Waals surface area (Å²) in [5, 5.41) is 0.450. The van der Waals surface area contributed by atoms with Crippen LogP contribution in [-0.4, -0.2) is 34.9 Å². The van der Waals surface area contributed by atoms with Crippen LogP contribution in [0.3, 0.4) is 0 Å². The van der Waals surface area contributed by atoms with E-state index in [2.05, 4.69) is 9.97 Å². The molecule has 0 saturated carbocycles. The third-order valence-corrected chi connectivity index (χ3v) is 6.42. The van der Waals surface area contributed by atoms with Gasteiger partial charge in [-0.15, -0.1) is 23.1 Å². The summed E-state index contributed by atoms with van der Waals surface area (Å²) in [6.45, 7) is 6.35. The highest BCUT2D eigenvalue weighted by atomic mass is 32.2. The number of hydrogen-bond donors (Lipinski definition) is 1. The van der Waals surface area contributed by atoms with E-state index in [0.717, 1.165) is 11.5 Å². The van der Waals surface area contributed by atoms with Crippen molar-refractivity contribution in [1.29, 1.82) is 0 Å². The lowest BCUT2D eigenvalue weighted by atomic mass is 10.2. The molecule has 0 aliphatic carbocycles. The standard InChI is InChI=1S/C20H22N2O4S2/c1-4-25-20(24)16-12(2)15-18(23)21-17(22-19(15)28-16)13(3)27-11-10-26-14-8-6-5-7-9-14/h5-9,13H,4,10-11H2,1-3H3,(H,21,22,23)/t13-/m1/s1. The number of rotatable bonds is 8. The van der Waals surface area contributed by atoms with E-state index in [0.29, 0.717) is 39.7 Å². The summed E-state index contributed by atoms with van der Waals surface area (Å²) in [6, 6.07) is 9.65. The Morgan fingerprint density at radius 1 is 1.32 bits per heavy atom. The van der Waals surface area contributed by atoms with E-state index in [-0.39, 0.29) is 10.8 Å². The number of benzene rings is 1. The molecule has 0 bridgehead atoms. The van der Waals surface area contributed by atoms with Crippen molar-refractivity contribution >= 4 is 39.3 Å². The van der Waals surface area contributed by atoms with Crippen LogP contribution in [0, 0.1) is 6.92 Å². The first-order chi connectivity index (χ1) is 13.5. The Bertz CT molecular complexity index is 1010. The van der Waals surface area contributed by atoms with Crippen LogP contribution in [0.2, 0.25) is 0 Å². The average molecular weight is 419 g/mol. The Morgan fingerprint density at radius 3 is 2.79 bits per heavy atom. The van der Waals surface area contributed by atoms with Crippen molar-refractivity contribution in [1.82, 2.24) is 9.97 Å². The average Bonchev–Trinajstić information content (AvgIpc) is 3.03. The number of H-pyrrole nitrogens is 1. The molecule has 3 aromatic rings. The lowest BCUT2D eigenvalue weighted by molar-refractivity contribution is 0.0531. The van der Waals surface area contributed by atoms with Crippen molar-refractivity contribution < 1.29 is 14.3 Å². The SMILES string of the molecule is CCOC(=O)c1sc2nc([C@@H](C)SCCOc3ccccc3)[nH]c(=O)c2c1C. The Balaban J connectivity index is 1.70. The second-order valence-electron chi connectivity index (χ2n) is 6.08. The van der Waals surface area contributed by atoms with E-state index in [1.807, 2.05) is 37.3 Å². The van der Waals surface area contributed by atoms with E-state index in [1.165, 1.54) is 11.3 Å². The molecule has 0 fully saturated rings. The molecule has 2 heterocycles. The maximum atomic E-state index is 12.6. The summed E-state index contributed by atoms with van der Waals surface area (Å²) < 4.78 is 10.8. The van der Waals surface area contributed by atoms with Crippen LogP contribution in [0.25, 0.3) is 10.2 Å². The second-order valence-corrected chi connectivity index (χ2v) is 8.53. The fourth-order valence-corrected chi connectivity index (χ4v) is 4.61. The van der Waals surface area contributed by atoms with Crippen LogP contribution in [0.1, 0.15) is 40.2 Å². The Hall–Kier alpha value is -2.32. The molecule has 0 amide bonds. The predicted octanol–water partition coefficient (Wildman–Crippen LogP) is 4.34. The molecule has 8 heteroatoms. The summed E-state index contributed by atoms with van der Waals surface area (Å²) in [5.41, 5.74) is 0.396. The topological polar surface area (TPSA) is 81.3 Å². The van der Waals surface area contributed by atoms with Gasteiger partial charge in [0.2, 0.25) is 0 Å². The number of aromatic amines is 1. The zero-order chi connectivity index (χ0) is 20.1. The molecule has 1 N–H and O–H groups in total. The molecule has 2 aromatic heterocycles. The lowest BCUT2D eigenvalue weighted by Gasteiger charge is -2.11. The summed E-state index contributed by atoms with van der Waals surface area (Å²) >= 11 is 2.85. The number of thiophene rings is 1. The van der Waals surface area contributed by atoms with E-state index in [1.54, 1.807) is 25.6 Å². The molecule has 0 unspecified atom stereocenters. The molecular formula is C20H22N2O4S2. The molecule has 0 aliphatic rings. The third kappa shape index (κ3) is 4.56. The maximum absolute atomic E-state index is 12.6. The van der Waals surface area contributed by atoms with Gasteiger partial charge in [0.25, 0.3) is 5.56 Å². The fraction of sp³-hybridized carbons (Fsp3) is 0.350. The lowest BCUT2D eigenvalue weighted by Crippen LogP contribution is -2.13. The zero-order valence-corrected chi connectivity index (χ0v) is 17.6. The first-order valence-electron chi connectivity index (χ1n) is 9.01. The Morgan fingerprint density at radius 2 is 2.07 bits per heavy atom. The molecule has 0 spiro atoms. The van der Waals surface area contributed by atoms with Gasteiger partial charge in [-0.1, -0.05) is 18.2 Å². The largest absolute Gasteiger partial charge is 0.493 e. The normalized spacial score (nSPS) is 12.1. The maximum Gasteiger partial charge on any atom is 0.348 e. The molecule has 148 valence electrons. The minimum atomic E-state index is -0.413. The molecule has 0 aliphatic heterocycles. The van der Waals surface area contributed by atoms with Crippen molar-refractivity contribution in [3.05, 3.63) is 57.0 Å². The van der Waals surface area contributed by atoms with Crippen molar-refractivity contribution in [3.63, 3.8) is 0 Å². The van der Waals surface area contributed by atoms with E-state index < -0.39 is 5.97 Å². The number of fused-ring (bicyclic) bond motifs is 1. The van der Waals surface area contributed by atoms with Gasteiger partial charge in [-0.25, -0.2) is 9.78 Å². The molecule has 3 rings (SSSR count).